The lowest BCUT2D eigenvalue weighted by Gasteiger charge is -2.31. The molecule has 0 bridgehead atoms. The predicted octanol–water partition coefficient (Wildman–Crippen LogP) is 4.65. The molecule has 1 aliphatic heterocycles. The Balaban J connectivity index is 1.94. The van der Waals surface area contributed by atoms with Crippen LogP contribution in [0.3, 0.4) is 0 Å². The normalized spacial score (nSPS) is 18.3. The maximum Gasteiger partial charge on any atom is 0.573 e. The first-order chi connectivity index (χ1) is 12.3. The van der Waals surface area contributed by atoms with Gasteiger partial charge in [-0.2, -0.15) is 0 Å². The Morgan fingerprint density at radius 2 is 1.77 bits per heavy atom. The van der Waals surface area contributed by atoms with Gasteiger partial charge in [-0.05, 0) is 57.5 Å². The Labute approximate surface area is 156 Å². The lowest BCUT2D eigenvalue weighted by Crippen LogP contribution is -2.47. The van der Waals surface area contributed by atoms with Crippen molar-refractivity contribution < 1.29 is 22.3 Å². The van der Waals surface area contributed by atoms with Gasteiger partial charge in [0.05, 0.1) is 10.6 Å². The molecule has 0 spiro atoms. The summed E-state index contributed by atoms with van der Waals surface area (Å²) in [6.45, 7) is 0.645. The van der Waals surface area contributed by atoms with Crippen LogP contribution in [0.4, 0.5) is 17.6 Å². The van der Waals surface area contributed by atoms with Crippen molar-refractivity contribution >= 4 is 15.9 Å². The largest absolute Gasteiger partial charge is 0.573 e. The molecule has 2 N–H and O–H groups in total. The Morgan fingerprint density at radius 3 is 2.35 bits per heavy atom. The van der Waals surface area contributed by atoms with Crippen molar-refractivity contribution in [1.29, 1.82) is 0 Å². The second-order valence-electron chi connectivity index (χ2n) is 5.72. The summed E-state index contributed by atoms with van der Waals surface area (Å²) < 4.78 is 54.9. The van der Waals surface area contributed by atoms with Gasteiger partial charge in [-0.3, -0.25) is 5.32 Å². The van der Waals surface area contributed by atoms with Crippen molar-refractivity contribution in [1.82, 2.24) is 10.6 Å². The molecule has 2 atom stereocenters. The van der Waals surface area contributed by atoms with Crippen LogP contribution in [0.25, 0.3) is 0 Å². The van der Waals surface area contributed by atoms with Crippen LogP contribution in [0.15, 0.2) is 59.2 Å². The van der Waals surface area contributed by atoms with E-state index < -0.39 is 6.36 Å². The Hall–Kier alpha value is -2.06. The van der Waals surface area contributed by atoms with Gasteiger partial charge in [0.25, 0.3) is 0 Å². The van der Waals surface area contributed by atoms with Crippen LogP contribution in [0, 0.1) is 5.82 Å². The van der Waals surface area contributed by atoms with E-state index in [0.29, 0.717) is 11.0 Å². The number of benzene rings is 2. The summed E-state index contributed by atoms with van der Waals surface area (Å²) in [6, 6.07) is 10.4. The van der Waals surface area contributed by atoms with Gasteiger partial charge in [-0.15, -0.1) is 13.2 Å². The van der Waals surface area contributed by atoms with Crippen molar-refractivity contribution in [3.8, 4) is 5.75 Å². The highest BCUT2D eigenvalue weighted by Gasteiger charge is 2.31. The second-order valence-corrected chi connectivity index (χ2v) is 6.58. The first-order valence-corrected chi connectivity index (χ1v) is 8.58. The third-order valence-corrected chi connectivity index (χ3v) is 4.57. The molecular weight excluding hydrogens is 416 g/mol. The molecule has 8 heteroatoms. The second kappa shape index (κ2) is 7.67. The fraction of sp³-hybridized carbons (Fsp3) is 0.222. The van der Waals surface area contributed by atoms with Crippen molar-refractivity contribution in [3.05, 3.63) is 76.2 Å². The summed E-state index contributed by atoms with van der Waals surface area (Å²) in [6.07, 6.45) is -1.21. The molecule has 3 rings (SSSR count). The minimum Gasteiger partial charge on any atom is -0.406 e. The van der Waals surface area contributed by atoms with Crippen LogP contribution in [-0.4, -0.2) is 19.1 Å². The maximum atomic E-state index is 13.6. The third-order valence-electron chi connectivity index (χ3n) is 3.96. The molecule has 2 aromatic rings. The SMILES string of the molecule is Fc1ccc(C(c2ccc(OC(F)(F)F)cc2)C2NC=CCN2)cc1Br. The molecular formula is C18H15BrF4N2O. The molecule has 1 aliphatic rings. The summed E-state index contributed by atoms with van der Waals surface area (Å²) >= 11 is 3.18. The molecule has 1 heterocycles. The maximum absolute atomic E-state index is 13.6. The zero-order valence-electron chi connectivity index (χ0n) is 13.4. The van der Waals surface area contributed by atoms with Gasteiger partial charge in [0, 0.05) is 12.5 Å². The van der Waals surface area contributed by atoms with Gasteiger partial charge in [-0.1, -0.05) is 24.3 Å². The smallest absolute Gasteiger partial charge is 0.406 e. The first kappa shape index (κ1) is 18.7. The fourth-order valence-corrected chi connectivity index (χ4v) is 3.26. The molecule has 138 valence electrons. The van der Waals surface area contributed by atoms with Crippen LogP contribution < -0.4 is 15.4 Å². The zero-order chi connectivity index (χ0) is 18.7. The average molecular weight is 431 g/mol. The Kier molecular flexibility index (Phi) is 5.52. The van der Waals surface area contributed by atoms with Crippen molar-refractivity contribution in [2.75, 3.05) is 6.54 Å². The van der Waals surface area contributed by atoms with E-state index in [1.54, 1.807) is 24.3 Å². The number of hydrogen-bond acceptors (Lipinski definition) is 3. The topological polar surface area (TPSA) is 33.3 Å². The summed E-state index contributed by atoms with van der Waals surface area (Å²) in [7, 11) is 0. The van der Waals surface area contributed by atoms with Gasteiger partial charge < -0.3 is 10.1 Å². The summed E-state index contributed by atoms with van der Waals surface area (Å²) in [5.74, 6) is -0.924. The molecule has 0 fully saturated rings. The fourth-order valence-electron chi connectivity index (χ4n) is 2.86. The molecule has 2 aromatic carbocycles. The molecule has 0 amide bonds. The standard InChI is InChI=1S/C18H15BrF4N2O/c19-14-10-12(4-7-15(14)20)16(17-24-8-1-9-25-17)11-2-5-13(6-3-11)26-18(21,22)23/h1-8,10,16-17,24-25H,9H2. The lowest BCUT2D eigenvalue weighted by molar-refractivity contribution is -0.274. The van der Waals surface area contributed by atoms with Crippen molar-refractivity contribution in [3.63, 3.8) is 0 Å². The number of rotatable bonds is 4. The molecule has 0 radical (unpaired) electrons. The number of ether oxygens (including phenoxy) is 1. The van der Waals surface area contributed by atoms with Crippen LogP contribution in [0.5, 0.6) is 5.75 Å². The van der Waals surface area contributed by atoms with Gasteiger partial charge in [0.1, 0.15) is 11.6 Å². The van der Waals surface area contributed by atoms with Crippen LogP contribution in [0.2, 0.25) is 0 Å². The molecule has 3 nitrogen and oxygen atoms in total. The summed E-state index contributed by atoms with van der Waals surface area (Å²) in [4.78, 5) is 0. The number of hydrogen-bond donors (Lipinski definition) is 2. The summed E-state index contributed by atoms with van der Waals surface area (Å²) in [5, 5.41) is 6.48. The van der Waals surface area contributed by atoms with E-state index in [9.17, 15) is 17.6 Å². The molecule has 0 aliphatic carbocycles. The summed E-state index contributed by atoms with van der Waals surface area (Å²) in [5.41, 5.74) is 1.57. The molecule has 0 aromatic heterocycles. The molecule has 0 saturated heterocycles. The minimum atomic E-state index is -4.74. The Bertz CT molecular complexity index is 793. The predicted molar refractivity (Wildman–Crippen MR) is 93.1 cm³/mol. The monoisotopic (exact) mass is 430 g/mol. The van der Waals surface area contributed by atoms with Gasteiger partial charge >= 0.3 is 6.36 Å². The molecule has 26 heavy (non-hydrogen) atoms. The minimum absolute atomic E-state index is 0.202. The number of halogens is 5. The van der Waals surface area contributed by atoms with Crippen LogP contribution in [0.1, 0.15) is 17.0 Å². The van der Waals surface area contributed by atoms with E-state index in [1.165, 1.54) is 18.2 Å². The number of alkyl halides is 3. The lowest BCUT2D eigenvalue weighted by atomic mass is 9.88. The third kappa shape index (κ3) is 4.56. The highest BCUT2D eigenvalue weighted by molar-refractivity contribution is 9.10. The van der Waals surface area contributed by atoms with E-state index in [4.69, 9.17) is 0 Å². The van der Waals surface area contributed by atoms with Gasteiger partial charge in [0.2, 0.25) is 0 Å². The quantitative estimate of drug-likeness (QED) is 0.692. The van der Waals surface area contributed by atoms with E-state index in [0.717, 1.165) is 11.1 Å². The van der Waals surface area contributed by atoms with E-state index in [-0.39, 0.29) is 23.7 Å². The van der Waals surface area contributed by atoms with E-state index >= 15 is 0 Å². The van der Waals surface area contributed by atoms with Crippen LogP contribution in [-0.2, 0) is 0 Å². The first-order valence-electron chi connectivity index (χ1n) is 7.78. The zero-order valence-corrected chi connectivity index (χ0v) is 14.9. The molecule has 0 saturated carbocycles. The highest BCUT2D eigenvalue weighted by atomic mass is 79.9. The van der Waals surface area contributed by atoms with E-state index in [2.05, 4.69) is 31.3 Å². The van der Waals surface area contributed by atoms with Crippen molar-refractivity contribution in [2.45, 2.75) is 18.4 Å². The number of nitrogens with one attached hydrogen (secondary N) is 2. The van der Waals surface area contributed by atoms with Gasteiger partial charge in [0.15, 0.2) is 0 Å². The Morgan fingerprint density at radius 1 is 1.08 bits per heavy atom. The van der Waals surface area contributed by atoms with Crippen LogP contribution >= 0.6 is 15.9 Å². The highest BCUT2D eigenvalue weighted by Crippen LogP contribution is 2.32. The van der Waals surface area contributed by atoms with Crippen molar-refractivity contribution in [2.24, 2.45) is 0 Å². The molecule has 2 unspecified atom stereocenters. The van der Waals surface area contributed by atoms with Gasteiger partial charge in [-0.25, -0.2) is 4.39 Å². The average Bonchev–Trinajstić information content (AvgIpc) is 2.59. The van der Waals surface area contributed by atoms with E-state index in [1.807, 2.05) is 12.3 Å².